The van der Waals surface area contributed by atoms with Gasteiger partial charge in [-0.05, 0) is 44.5 Å². The second-order valence-corrected chi connectivity index (χ2v) is 10.7. The first-order chi connectivity index (χ1) is 17.6. The number of nitrogens with zero attached hydrogens (tertiary/aromatic N) is 7. The van der Waals surface area contributed by atoms with E-state index in [1.165, 1.54) is 16.8 Å². The molecule has 4 aromatic rings. The maximum absolute atomic E-state index is 13.3. The molecule has 3 aromatic heterocycles. The van der Waals surface area contributed by atoms with Crippen LogP contribution in [-0.2, 0) is 5.41 Å². The lowest BCUT2D eigenvalue weighted by Crippen LogP contribution is -2.49. The van der Waals surface area contributed by atoms with Crippen LogP contribution < -0.4 is 4.90 Å². The van der Waals surface area contributed by atoms with Crippen molar-refractivity contribution in [1.82, 2.24) is 29.8 Å². The minimum Gasteiger partial charge on any atom is -0.368 e. The fourth-order valence-corrected chi connectivity index (χ4v) is 4.61. The number of carbonyl (C=O) groups is 1. The standard InChI is InChI=1S/C28H33N7O2/c1-18-7-9-23(19(2)15-18)33-11-13-34(14-12-33)26(36)22-17-30-35(20(22)3)24-10-8-21(16-29-24)25-31-27(32-37-25)28(4,5)6/h7-10,15-17H,11-14H2,1-6H3. The van der Waals surface area contributed by atoms with Crippen LogP contribution in [0.2, 0.25) is 0 Å². The first-order valence-electron chi connectivity index (χ1n) is 12.6. The minimum atomic E-state index is -0.198. The van der Waals surface area contributed by atoms with Gasteiger partial charge in [0, 0.05) is 43.5 Å². The molecule has 0 aliphatic carbocycles. The number of amides is 1. The number of carbonyl (C=O) groups excluding carboxylic acids is 1. The molecule has 1 fully saturated rings. The van der Waals surface area contributed by atoms with Crippen molar-refractivity contribution in [3.8, 4) is 17.3 Å². The lowest BCUT2D eigenvalue weighted by Gasteiger charge is -2.36. The number of hydrogen-bond donors (Lipinski definition) is 0. The van der Waals surface area contributed by atoms with Crippen LogP contribution in [0.5, 0.6) is 0 Å². The monoisotopic (exact) mass is 499 g/mol. The Morgan fingerprint density at radius 3 is 2.35 bits per heavy atom. The number of piperazine rings is 1. The van der Waals surface area contributed by atoms with Crippen LogP contribution in [0.1, 0.15) is 53.8 Å². The highest BCUT2D eigenvalue weighted by molar-refractivity contribution is 5.95. The molecule has 9 heteroatoms. The second kappa shape index (κ2) is 9.46. The second-order valence-electron chi connectivity index (χ2n) is 10.7. The number of anilines is 1. The first-order valence-corrected chi connectivity index (χ1v) is 12.6. The highest BCUT2D eigenvalue weighted by Gasteiger charge is 2.26. The number of aromatic nitrogens is 5. The lowest BCUT2D eigenvalue weighted by atomic mass is 9.96. The van der Waals surface area contributed by atoms with Gasteiger partial charge in [-0.2, -0.15) is 10.1 Å². The zero-order chi connectivity index (χ0) is 26.3. The van der Waals surface area contributed by atoms with Crippen LogP contribution in [0.4, 0.5) is 5.69 Å². The van der Waals surface area contributed by atoms with Gasteiger partial charge in [0.1, 0.15) is 0 Å². The molecule has 0 atom stereocenters. The van der Waals surface area contributed by atoms with E-state index in [2.05, 4.69) is 57.2 Å². The van der Waals surface area contributed by atoms with Gasteiger partial charge in [-0.3, -0.25) is 4.79 Å². The molecule has 1 saturated heterocycles. The summed E-state index contributed by atoms with van der Waals surface area (Å²) in [6, 6.07) is 10.2. The Balaban J connectivity index is 1.27. The Hall–Kier alpha value is -4.01. The highest BCUT2D eigenvalue weighted by atomic mass is 16.5. The van der Waals surface area contributed by atoms with Gasteiger partial charge >= 0.3 is 0 Å². The third kappa shape index (κ3) is 4.85. The summed E-state index contributed by atoms with van der Waals surface area (Å²) in [6.45, 7) is 15.2. The van der Waals surface area contributed by atoms with E-state index in [1.54, 1.807) is 17.1 Å². The predicted molar refractivity (Wildman–Crippen MR) is 142 cm³/mol. The van der Waals surface area contributed by atoms with Gasteiger partial charge in [0.15, 0.2) is 11.6 Å². The van der Waals surface area contributed by atoms with Crippen LogP contribution in [-0.4, -0.2) is 61.9 Å². The summed E-state index contributed by atoms with van der Waals surface area (Å²) in [5.41, 5.74) is 5.66. The average Bonchev–Trinajstić information content (AvgIpc) is 3.52. The Morgan fingerprint density at radius 2 is 1.73 bits per heavy atom. The van der Waals surface area contributed by atoms with Gasteiger partial charge in [-0.25, -0.2) is 9.67 Å². The smallest absolute Gasteiger partial charge is 0.259 e. The van der Waals surface area contributed by atoms with E-state index < -0.39 is 0 Å². The summed E-state index contributed by atoms with van der Waals surface area (Å²) in [5.74, 6) is 1.70. The quantitative estimate of drug-likeness (QED) is 0.408. The molecule has 37 heavy (non-hydrogen) atoms. The number of benzene rings is 1. The third-order valence-electron chi connectivity index (χ3n) is 6.81. The zero-order valence-corrected chi connectivity index (χ0v) is 22.3. The average molecular weight is 500 g/mol. The molecule has 9 nitrogen and oxygen atoms in total. The summed E-state index contributed by atoms with van der Waals surface area (Å²) < 4.78 is 7.11. The molecule has 0 N–H and O–H groups in total. The van der Waals surface area contributed by atoms with Gasteiger partial charge in [0.05, 0.1) is 23.0 Å². The van der Waals surface area contributed by atoms with Gasteiger partial charge in [0.2, 0.25) is 0 Å². The zero-order valence-electron chi connectivity index (χ0n) is 22.3. The Morgan fingerprint density at radius 1 is 0.973 bits per heavy atom. The first kappa shape index (κ1) is 24.7. The molecule has 1 aliphatic rings. The van der Waals surface area contributed by atoms with Gasteiger partial charge in [0.25, 0.3) is 11.8 Å². The van der Waals surface area contributed by atoms with Crippen LogP contribution in [0.3, 0.4) is 0 Å². The van der Waals surface area contributed by atoms with E-state index in [0.29, 0.717) is 36.2 Å². The normalized spacial score (nSPS) is 14.3. The van der Waals surface area contributed by atoms with Gasteiger partial charge < -0.3 is 14.3 Å². The molecule has 0 saturated carbocycles. The molecular weight excluding hydrogens is 466 g/mol. The topological polar surface area (TPSA) is 93.2 Å². The van der Waals surface area contributed by atoms with Gasteiger partial charge in [-0.1, -0.05) is 43.6 Å². The molecule has 1 aliphatic heterocycles. The fraction of sp³-hybridized carbons (Fsp3) is 0.393. The third-order valence-corrected chi connectivity index (χ3v) is 6.81. The van der Waals surface area contributed by atoms with Crippen molar-refractivity contribution in [3.63, 3.8) is 0 Å². The van der Waals surface area contributed by atoms with Crippen molar-refractivity contribution in [2.45, 2.75) is 47.0 Å². The number of hydrogen-bond acceptors (Lipinski definition) is 7. The minimum absolute atomic E-state index is 0.00113. The number of pyridine rings is 1. The molecule has 0 spiro atoms. The number of aryl methyl sites for hydroxylation is 2. The maximum atomic E-state index is 13.3. The van der Waals surface area contributed by atoms with E-state index >= 15 is 0 Å². The summed E-state index contributed by atoms with van der Waals surface area (Å²) in [4.78, 5) is 26.6. The molecule has 1 aromatic carbocycles. The molecular formula is C28H33N7O2. The van der Waals surface area contributed by atoms with Crippen molar-refractivity contribution in [3.05, 3.63) is 70.9 Å². The molecule has 192 valence electrons. The van der Waals surface area contributed by atoms with E-state index in [1.807, 2.05) is 44.7 Å². The molecule has 0 bridgehead atoms. The summed E-state index contributed by atoms with van der Waals surface area (Å²) in [5, 5.41) is 8.55. The van der Waals surface area contributed by atoms with Gasteiger partial charge in [-0.15, -0.1) is 0 Å². The Kier molecular flexibility index (Phi) is 6.31. The Labute approximate surface area is 217 Å². The largest absolute Gasteiger partial charge is 0.368 e. The predicted octanol–water partition coefficient (Wildman–Crippen LogP) is 4.50. The van der Waals surface area contributed by atoms with Crippen LogP contribution >= 0.6 is 0 Å². The van der Waals surface area contributed by atoms with E-state index in [-0.39, 0.29) is 11.3 Å². The van der Waals surface area contributed by atoms with Crippen molar-refractivity contribution in [2.24, 2.45) is 0 Å². The van der Waals surface area contributed by atoms with Crippen molar-refractivity contribution < 1.29 is 9.32 Å². The molecule has 5 rings (SSSR count). The molecule has 0 unspecified atom stereocenters. The van der Waals surface area contributed by atoms with Crippen molar-refractivity contribution in [2.75, 3.05) is 31.1 Å². The van der Waals surface area contributed by atoms with E-state index in [0.717, 1.165) is 24.3 Å². The number of rotatable bonds is 4. The Bertz CT molecular complexity index is 1420. The van der Waals surface area contributed by atoms with Crippen LogP contribution in [0.15, 0.2) is 47.2 Å². The van der Waals surface area contributed by atoms with Crippen molar-refractivity contribution in [1.29, 1.82) is 0 Å². The molecule has 1 amide bonds. The molecule has 4 heterocycles. The lowest BCUT2D eigenvalue weighted by molar-refractivity contribution is 0.0746. The van der Waals surface area contributed by atoms with Crippen LogP contribution in [0, 0.1) is 20.8 Å². The van der Waals surface area contributed by atoms with E-state index in [4.69, 9.17) is 4.52 Å². The van der Waals surface area contributed by atoms with E-state index in [9.17, 15) is 4.79 Å². The fourth-order valence-electron chi connectivity index (χ4n) is 4.61. The highest BCUT2D eigenvalue weighted by Crippen LogP contribution is 2.25. The SMILES string of the molecule is Cc1ccc(N2CCN(C(=O)c3cnn(-c4ccc(-c5nc(C(C)(C)C)no5)cn4)c3C)CC2)c(C)c1. The maximum Gasteiger partial charge on any atom is 0.259 e. The van der Waals surface area contributed by atoms with Crippen molar-refractivity contribution >= 4 is 11.6 Å². The summed E-state index contributed by atoms with van der Waals surface area (Å²) >= 11 is 0. The molecule has 0 radical (unpaired) electrons. The summed E-state index contributed by atoms with van der Waals surface area (Å²) in [7, 11) is 0. The van der Waals surface area contributed by atoms with Crippen LogP contribution in [0.25, 0.3) is 17.3 Å². The summed E-state index contributed by atoms with van der Waals surface area (Å²) in [6.07, 6.45) is 3.32.